The second-order valence-corrected chi connectivity index (χ2v) is 4.88. The second-order valence-electron chi connectivity index (χ2n) is 4.45. The third-order valence-corrected chi connectivity index (χ3v) is 3.38. The fourth-order valence-corrected chi connectivity index (χ4v) is 2.38. The lowest BCUT2D eigenvalue weighted by molar-refractivity contribution is -0.136. The number of methoxy groups -OCH3 is 1. The van der Waals surface area contributed by atoms with E-state index in [0.29, 0.717) is 11.4 Å². The van der Waals surface area contributed by atoms with Crippen LogP contribution in [0, 0.1) is 0 Å². The van der Waals surface area contributed by atoms with Gasteiger partial charge in [-0.25, -0.2) is 4.79 Å². The summed E-state index contributed by atoms with van der Waals surface area (Å²) in [6.45, 7) is 1.61. The molecule has 0 aromatic heterocycles. The zero-order chi connectivity index (χ0) is 13.1. The maximum absolute atomic E-state index is 11.8. The Hall–Kier alpha value is -1.32. The Morgan fingerprint density at radius 2 is 2.22 bits per heavy atom. The van der Waals surface area contributed by atoms with E-state index in [2.05, 4.69) is 4.90 Å². The van der Waals surface area contributed by atoms with E-state index in [-0.39, 0.29) is 5.97 Å². The molecule has 3 nitrogen and oxygen atoms in total. The Bertz CT molecular complexity index is 496. The Labute approximate surface area is 112 Å². The molecule has 0 radical (unpaired) electrons. The number of hydrogen-bond acceptors (Lipinski definition) is 3. The molecule has 0 amide bonds. The van der Waals surface area contributed by atoms with Crippen LogP contribution in [0.2, 0.25) is 5.02 Å². The van der Waals surface area contributed by atoms with Crippen LogP contribution in [-0.4, -0.2) is 38.1 Å². The highest BCUT2D eigenvalue weighted by Crippen LogP contribution is 2.28. The monoisotopic (exact) mass is 265 g/mol. The van der Waals surface area contributed by atoms with E-state index in [1.54, 1.807) is 0 Å². The molecule has 0 saturated heterocycles. The lowest BCUT2D eigenvalue weighted by atomic mass is 9.94. The summed E-state index contributed by atoms with van der Waals surface area (Å²) in [6, 6.07) is 7.59. The van der Waals surface area contributed by atoms with Crippen LogP contribution in [0.15, 0.2) is 29.8 Å². The average molecular weight is 266 g/mol. The number of likely N-dealkylation sites (N-methyl/N-ethyl adjacent to an activating group) is 1. The van der Waals surface area contributed by atoms with Crippen LogP contribution in [0.1, 0.15) is 12.0 Å². The van der Waals surface area contributed by atoms with Gasteiger partial charge in [-0.3, -0.25) is 0 Å². The van der Waals surface area contributed by atoms with Crippen molar-refractivity contribution in [3.8, 4) is 0 Å². The minimum atomic E-state index is -0.238. The van der Waals surface area contributed by atoms with Gasteiger partial charge in [-0.05, 0) is 36.7 Å². The topological polar surface area (TPSA) is 29.5 Å². The molecule has 2 rings (SSSR count). The first-order valence-corrected chi connectivity index (χ1v) is 6.24. The molecule has 0 bridgehead atoms. The lowest BCUT2D eigenvalue weighted by Gasteiger charge is -2.27. The highest BCUT2D eigenvalue weighted by Gasteiger charge is 2.23. The van der Waals surface area contributed by atoms with E-state index in [1.807, 2.05) is 31.3 Å². The number of halogens is 1. The van der Waals surface area contributed by atoms with Crippen molar-refractivity contribution in [2.45, 2.75) is 6.42 Å². The van der Waals surface area contributed by atoms with Crippen molar-refractivity contribution in [2.24, 2.45) is 0 Å². The molecule has 0 N–H and O–H groups in total. The van der Waals surface area contributed by atoms with Crippen LogP contribution in [0.4, 0.5) is 0 Å². The Morgan fingerprint density at radius 1 is 1.44 bits per heavy atom. The summed E-state index contributed by atoms with van der Waals surface area (Å²) in [5, 5.41) is 0.678. The number of hydrogen-bond donors (Lipinski definition) is 0. The van der Waals surface area contributed by atoms with Gasteiger partial charge in [0, 0.05) is 23.7 Å². The van der Waals surface area contributed by atoms with E-state index in [0.717, 1.165) is 29.8 Å². The number of nitrogens with zero attached hydrogens (tertiary/aromatic N) is 1. The third kappa shape index (κ3) is 2.74. The summed E-state index contributed by atoms with van der Waals surface area (Å²) in [6.07, 6.45) is 0.713. The molecule has 1 heterocycles. The lowest BCUT2D eigenvalue weighted by Crippen LogP contribution is -2.29. The van der Waals surface area contributed by atoms with Crippen LogP contribution >= 0.6 is 11.6 Å². The van der Waals surface area contributed by atoms with Crippen molar-refractivity contribution in [1.82, 2.24) is 4.90 Å². The summed E-state index contributed by atoms with van der Waals surface area (Å²) >= 11 is 6.01. The van der Waals surface area contributed by atoms with Crippen LogP contribution < -0.4 is 0 Å². The SMILES string of the molecule is COC(=O)C1=C(c2cccc(Cl)c2)CN(C)CC1. The summed E-state index contributed by atoms with van der Waals surface area (Å²) < 4.78 is 4.86. The molecule has 1 aromatic carbocycles. The Kier molecular flexibility index (Phi) is 4.04. The molecule has 1 aliphatic heterocycles. The van der Waals surface area contributed by atoms with E-state index >= 15 is 0 Å². The first kappa shape index (κ1) is 13.1. The van der Waals surface area contributed by atoms with Crippen molar-refractivity contribution in [1.29, 1.82) is 0 Å². The van der Waals surface area contributed by atoms with Gasteiger partial charge in [0.2, 0.25) is 0 Å². The van der Waals surface area contributed by atoms with Gasteiger partial charge in [0.1, 0.15) is 0 Å². The van der Waals surface area contributed by atoms with Crippen LogP contribution in [-0.2, 0) is 9.53 Å². The minimum Gasteiger partial charge on any atom is -0.466 e. The predicted octanol–water partition coefficient (Wildman–Crippen LogP) is 2.60. The first-order valence-electron chi connectivity index (χ1n) is 5.86. The van der Waals surface area contributed by atoms with Gasteiger partial charge in [-0.15, -0.1) is 0 Å². The number of rotatable bonds is 2. The zero-order valence-electron chi connectivity index (χ0n) is 10.6. The van der Waals surface area contributed by atoms with Crippen LogP contribution in [0.5, 0.6) is 0 Å². The van der Waals surface area contributed by atoms with Crippen LogP contribution in [0.25, 0.3) is 5.57 Å². The average Bonchev–Trinajstić information content (AvgIpc) is 2.38. The van der Waals surface area contributed by atoms with Crippen molar-refractivity contribution in [3.05, 3.63) is 40.4 Å². The van der Waals surface area contributed by atoms with E-state index in [4.69, 9.17) is 16.3 Å². The maximum atomic E-state index is 11.8. The predicted molar refractivity (Wildman–Crippen MR) is 72.5 cm³/mol. The van der Waals surface area contributed by atoms with Gasteiger partial charge in [0.15, 0.2) is 0 Å². The molecular weight excluding hydrogens is 250 g/mol. The van der Waals surface area contributed by atoms with Gasteiger partial charge in [-0.2, -0.15) is 0 Å². The number of ether oxygens (including phenoxy) is 1. The molecule has 0 saturated carbocycles. The maximum Gasteiger partial charge on any atom is 0.334 e. The molecule has 4 heteroatoms. The van der Waals surface area contributed by atoms with Crippen LogP contribution in [0.3, 0.4) is 0 Å². The highest BCUT2D eigenvalue weighted by atomic mass is 35.5. The molecule has 1 aromatic rings. The van der Waals surface area contributed by atoms with Crippen molar-refractivity contribution < 1.29 is 9.53 Å². The summed E-state index contributed by atoms with van der Waals surface area (Å²) in [4.78, 5) is 14.0. The number of carbonyl (C=O) groups is 1. The molecule has 0 unspecified atom stereocenters. The minimum absolute atomic E-state index is 0.238. The molecule has 0 atom stereocenters. The molecular formula is C14H16ClNO2. The van der Waals surface area contributed by atoms with Gasteiger partial charge in [0.05, 0.1) is 7.11 Å². The summed E-state index contributed by atoms with van der Waals surface area (Å²) in [5.74, 6) is -0.238. The second kappa shape index (κ2) is 5.55. The molecule has 96 valence electrons. The molecule has 0 spiro atoms. The Balaban J connectivity index is 2.46. The highest BCUT2D eigenvalue weighted by molar-refractivity contribution is 6.30. The number of benzene rings is 1. The van der Waals surface area contributed by atoms with Crippen molar-refractivity contribution in [2.75, 3.05) is 27.2 Å². The fraction of sp³-hybridized carbons (Fsp3) is 0.357. The molecule has 0 fully saturated rings. The summed E-state index contributed by atoms with van der Waals surface area (Å²) in [5.41, 5.74) is 2.77. The standard InChI is InChI=1S/C14H16ClNO2/c1-16-7-6-12(14(17)18-2)13(9-16)10-4-3-5-11(15)8-10/h3-5,8H,6-7,9H2,1-2H3. The van der Waals surface area contributed by atoms with Crippen molar-refractivity contribution >= 4 is 23.1 Å². The third-order valence-electron chi connectivity index (χ3n) is 3.14. The molecule has 1 aliphatic rings. The van der Waals surface area contributed by atoms with Gasteiger partial charge in [-0.1, -0.05) is 23.7 Å². The van der Waals surface area contributed by atoms with E-state index in [1.165, 1.54) is 7.11 Å². The molecule has 0 aliphatic carbocycles. The van der Waals surface area contributed by atoms with Gasteiger partial charge < -0.3 is 9.64 Å². The normalized spacial score (nSPS) is 16.8. The number of carbonyl (C=O) groups excluding carboxylic acids is 1. The quantitative estimate of drug-likeness (QED) is 0.770. The van der Waals surface area contributed by atoms with Crippen molar-refractivity contribution in [3.63, 3.8) is 0 Å². The molecule has 18 heavy (non-hydrogen) atoms. The van der Waals surface area contributed by atoms with E-state index in [9.17, 15) is 4.79 Å². The fourth-order valence-electron chi connectivity index (χ4n) is 2.19. The van der Waals surface area contributed by atoms with Gasteiger partial charge in [0.25, 0.3) is 0 Å². The Morgan fingerprint density at radius 3 is 2.89 bits per heavy atom. The summed E-state index contributed by atoms with van der Waals surface area (Å²) in [7, 11) is 3.46. The first-order chi connectivity index (χ1) is 8.61. The largest absolute Gasteiger partial charge is 0.466 e. The van der Waals surface area contributed by atoms with Gasteiger partial charge >= 0.3 is 5.97 Å². The zero-order valence-corrected chi connectivity index (χ0v) is 11.3. The smallest absolute Gasteiger partial charge is 0.334 e. The number of esters is 1. The van der Waals surface area contributed by atoms with E-state index < -0.39 is 0 Å².